The van der Waals surface area contributed by atoms with Crippen molar-refractivity contribution in [3.05, 3.63) is 42.0 Å². The van der Waals surface area contributed by atoms with Crippen molar-refractivity contribution in [2.24, 2.45) is 5.73 Å². The average molecular weight is 217 g/mol. The van der Waals surface area contributed by atoms with E-state index in [0.29, 0.717) is 5.39 Å². The van der Waals surface area contributed by atoms with E-state index >= 15 is 0 Å². The average Bonchev–Trinajstić information content (AvgIpc) is 2.28. The van der Waals surface area contributed by atoms with Crippen molar-refractivity contribution < 1.29 is 15.0 Å². The quantitative estimate of drug-likeness (QED) is 0.713. The van der Waals surface area contributed by atoms with Gasteiger partial charge in [-0.25, -0.2) is 0 Å². The Kier molecular flexibility index (Phi) is 2.50. The van der Waals surface area contributed by atoms with Crippen LogP contribution in [0.5, 0.6) is 5.75 Å². The lowest BCUT2D eigenvalue weighted by molar-refractivity contribution is -0.138. The van der Waals surface area contributed by atoms with Gasteiger partial charge >= 0.3 is 5.97 Å². The van der Waals surface area contributed by atoms with Gasteiger partial charge in [-0.1, -0.05) is 30.3 Å². The number of nitrogens with two attached hydrogens (primary N) is 1. The standard InChI is InChI=1S/C12H11NO3/c13-11(12(15)16)10-8-4-2-1-3-7(8)5-6-9(10)14/h1-6,11,14H,13H2,(H,15,16)/t11-/m0/s1. The fourth-order valence-corrected chi connectivity index (χ4v) is 1.73. The molecule has 16 heavy (non-hydrogen) atoms. The molecule has 4 nitrogen and oxygen atoms in total. The van der Waals surface area contributed by atoms with Gasteiger partial charge in [0.15, 0.2) is 0 Å². The van der Waals surface area contributed by atoms with Crippen molar-refractivity contribution in [2.45, 2.75) is 6.04 Å². The molecule has 82 valence electrons. The largest absolute Gasteiger partial charge is 0.508 e. The molecule has 0 fully saturated rings. The molecular weight excluding hydrogens is 206 g/mol. The van der Waals surface area contributed by atoms with E-state index in [1.807, 2.05) is 12.1 Å². The maximum absolute atomic E-state index is 10.9. The third-order valence-corrected chi connectivity index (χ3v) is 2.52. The Balaban J connectivity index is 2.75. The first-order chi connectivity index (χ1) is 7.61. The SMILES string of the molecule is N[C@H](C(=O)O)c1c(O)ccc2ccccc12. The molecule has 0 saturated carbocycles. The van der Waals surface area contributed by atoms with Gasteiger partial charge in [-0.3, -0.25) is 4.79 Å². The van der Waals surface area contributed by atoms with E-state index in [1.54, 1.807) is 18.2 Å². The fourth-order valence-electron chi connectivity index (χ4n) is 1.73. The van der Waals surface area contributed by atoms with Crippen molar-refractivity contribution >= 4 is 16.7 Å². The number of hydrogen-bond acceptors (Lipinski definition) is 3. The number of phenolic OH excluding ortho intramolecular Hbond substituents is 1. The van der Waals surface area contributed by atoms with Crippen LogP contribution in [0.4, 0.5) is 0 Å². The second-order valence-corrected chi connectivity index (χ2v) is 3.54. The minimum absolute atomic E-state index is 0.0893. The van der Waals surface area contributed by atoms with E-state index in [-0.39, 0.29) is 11.3 Å². The molecule has 2 aromatic carbocycles. The van der Waals surface area contributed by atoms with Crippen molar-refractivity contribution in [1.29, 1.82) is 0 Å². The number of carboxylic acids is 1. The molecule has 1 atom stereocenters. The second-order valence-electron chi connectivity index (χ2n) is 3.54. The number of fused-ring (bicyclic) bond motifs is 1. The first kappa shape index (κ1) is 10.4. The van der Waals surface area contributed by atoms with E-state index in [9.17, 15) is 9.90 Å². The van der Waals surface area contributed by atoms with Crippen molar-refractivity contribution in [3.63, 3.8) is 0 Å². The summed E-state index contributed by atoms with van der Waals surface area (Å²) in [5, 5.41) is 20.1. The molecule has 0 aliphatic heterocycles. The van der Waals surface area contributed by atoms with Gasteiger partial charge in [0.05, 0.1) is 0 Å². The zero-order valence-electron chi connectivity index (χ0n) is 8.42. The van der Waals surface area contributed by atoms with Gasteiger partial charge in [0.25, 0.3) is 0 Å². The summed E-state index contributed by atoms with van der Waals surface area (Å²) in [6, 6.07) is 9.17. The molecule has 4 heteroatoms. The van der Waals surface area contributed by atoms with Gasteiger partial charge in [-0.2, -0.15) is 0 Å². The van der Waals surface area contributed by atoms with Crippen molar-refractivity contribution in [2.75, 3.05) is 0 Å². The third-order valence-electron chi connectivity index (χ3n) is 2.52. The number of benzene rings is 2. The smallest absolute Gasteiger partial charge is 0.325 e. The minimum Gasteiger partial charge on any atom is -0.508 e. The lowest BCUT2D eigenvalue weighted by Crippen LogP contribution is -2.21. The molecule has 0 spiro atoms. The molecule has 0 unspecified atom stereocenters. The molecule has 0 aromatic heterocycles. The molecular formula is C12H11NO3. The number of phenols is 1. The van der Waals surface area contributed by atoms with Crippen LogP contribution in [0.2, 0.25) is 0 Å². The van der Waals surface area contributed by atoms with Crippen LogP contribution < -0.4 is 5.73 Å². The van der Waals surface area contributed by atoms with Gasteiger partial charge in [0.1, 0.15) is 11.8 Å². The molecule has 0 radical (unpaired) electrons. The van der Waals surface area contributed by atoms with Gasteiger partial charge in [-0.05, 0) is 16.8 Å². The number of aromatic hydroxyl groups is 1. The van der Waals surface area contributed by atoms with E-state index in [2.05, 4.69) is 0 Å². The Bertz CT molecular complexity index is 551. The molecule has 0 bridgehead atoms. The molecule has 0 amide bonds. The first-order valence-corrected chi connectivity index (χ1v) is 4.80. The monoisotopic (exact) mass is 217 g/mol. The highest BCUT2D eigenvalue weighted by Gasteiger charge is 2.20. The Morgan fingerprint density at radius 1 is 1.19 bits per heavy atom. The molecule has 2 rings (SSSR count). The summed E-state index contributed by atoms with van der Waals surface area (Å²) >= 11 is 0. The zero-order valence-corrected chi connectivity index (χ0v) is 8.42. The Labute approximate surface area is 91.9 Å². The van der Waals surface area contributed by atoms with Crippen LogP contribution in [0.3, 0.4) is 0 Å². The van der Waals surface area contributed by atoms with Crippen molar-refractivity contribution in [1.82, 2.24) is 0 Å². The summed E-state index contributed by atoms with van der Waals surface area (Å²) in [6.45, 7) is 0. The number of carbonyl (C=O) groups is 1. The predicted octanol–water partition coefficient (Wildman–Crippen LogP) is 1.63. The van der Waals surface area contributed by atoms with Crippen LogP contribution >= 0.6 is 0 Å². The highest BCUT2D eigenvalue weighted by molar-refractivity contribution is 5.92. The van der Waals surface area contributed by atoms with E-state index < -0.39 is 12.0 Å². The Hall–Kier alpha value is -2.07. The molecule has 0 saturated heterocycles. The Morgan fingerprint density at radius 3 is 2.56 bits per heavy atom. The van der Waals surface area contributed by atoms with Crippen LogP contribution in [0.15, 0.2) is 36.4 Å². The van der Waals surface area contributed by atoms with E-state index in [0.717, 1.165) is 5.39 Å². The summed E-state index contributed by atoms with van der Waals surface area (Å²) in [5.74, 6) is -1.25. The fraction of sp³-hybridized carbons (Fsp3) is 0.0833. The number of rotatable bonds is 2. The van der Waals surface area contributed by atoms with Gasteiger partial charge < -0.3 is 15.9 Å². The molecule has 2 aromatic rings. The summed E-state index contributed by atoms with van der Waals surface area (Å²) in [5.41, 5.74) is 5.80. The predicted molar refractivity (Wildman–Crippen MR) is 60.2 cm³/mol. The number of hydrogen-bond donors (Lipinski definition) is 3. The summed E-state index contributed by atoms with van der Waals surface area (Å²) in [6.07, 6.45) is 0. The molecule has 0 aliphatic rings. The summed E-state index contributed by atoms with van der Waals surface area (Å²) < 4.78 is 0. The first-order valence-electron chi connectivity index (χ1n) is 4.80. The highest BCUT2D eigenvalue weighted by Crippen LogP contribution is 2.31. The lowest BCUT2D eigenvalue weighted by atomic mass is 9.98. The number of carboxylic acid groups (broad SMARTS) is 1. The van der Waals surface area contributed by atoms with Gasteiger partial charge in [0.2, 0.25) is 0 Å². The summed E-state index contributed by atoms with van der Waals surface area (Å²) in [7, 11) is 0. The van der Waals surface area contributed by atoms with Crippen LogP contribution in [-0.2, 0) is 4.79 Å². The molecule has 0 aliphatic carbocycles. The van der Waals surface area contributed by atoms with Crippen LogP contribution in [0.1, 0.15) is 11.6 Å². The van der Waals surface area contributed by atoms with Gasteiger partial charge in [0, 0.05) is 5.56 Å². The van der Waals surface area contributed by atoms with Gasteiger partial charge in [-0.15, -0.1) is 0 Å². The van der Waals surface area contributed by atoms with E-state index in [1.165, 1.54) is 6.07 Å². The second kappa shape index (κ2) is 3.83. The van der Waals surface area contributed by atoms with Crippen molar-refractivity contribution in [3.8, 4) is 5.75 Å². The van der Waals surface area contributed by atoms with E-state index in [4.69, 9.17) is 10.8 Å². The Morgan fingerprint density at radius 2 is 1.88 bits per heavy atom. The highest BCUT2D eigenvalue weighted by atomic mass is 16.4. The maximum atomic E-state index is 10.9. The lowest BCUT2D eigenvalue weighted by Gasteiger charge is -2.12. The molecule has 4 N–H and O–H groups in total. The normalized spacial score (nSPS) is 12.6. The topological polar surface area (TPSA) is 83.6 Å². The summed E-state index contributed by atoms with van der Waals surface area (Å²) in [4.78, 5) is 10.9. The van der Waals surface area contributed by atoms with Crippen LogP contribution in [-0.4, -0.2) is 16.2 Å². The third kappa shape index (κ3) is 1.59. The van der Waals surface area contributed by atoms with Crippen LogP contribution in [0, 0.1) is 0 Å². The zero-order chi connectivity index (χ0) is 11.7. The van der Waals surface area contributed by atoms with Crippen LogP contribution in [0.25, 0.3) is 10.8 Å². The minimum atomic E-state index is -1.22. The number of aliphatic carboxylic acids is 1. The maximum Gasteiger partial charge on any atom is 0.325 e. The molecule has 0 heterocycles.